The van der Waals surface area contributed by atoms with Gasteiger partial charge in [0.15, 0.2) is 0 Å². The van der Waals surface area contributed by atoms with Crippen molar-refractivity contribution in [2.45, 2.75) is 32.4 Å². The van der Waals surface area contributed by atoms with Gasteiger partial charge in [0, 0.05) is 18.1 Å². The van der Waals surface area contributed by atoms with E-state index in [0.29, 0.717) is 0 Å². The number of rotatable bonds is 8. The number of benzene rings is 1. The van der Waals surface area contributed by atoms with E-state index in [1.807, 2.05) is 11.8 Å². The molecule has 0 saturated carbocycles. The van der Waals surface area contributed by atoms with Gasteiger partial charge in [0.2, 0.25) is 0 Å². The normalized spacial score (nSPS) is 10.6. The van der Waals surface area contributed by atoms with Gasteiger partial charge in [-0.15, -0.1) is 0 Å². The molecule has 1 aromatic carbocycles. The second-order valence-electron chi connectivity index (χ2n) is 4.08. The first kappa shape index (κ1) is 13.6. The summed E-state index contributed by atoms with van der Waals surface area (Å²) in [7, 11) is 0. The molecule has 0 spiro atoms. The molecule has 0 aliphatic carbocycles. The van der Waals surface area contributed by atoms with Gasteiger partial charge in [0.25, 0.3) is 0 Å². The first-order chi connectivity index (χ1) is 7.84. The maximum absolute atomic E-state index is 3.47. The summed E-state index contributed by atoms with van der Waals surface area (Å²) in [6.07, 6.45) is 2.58. The molecular weight excluding hydrogens is 214 g/mol. The second-order valence-corrected chi connectivity index (χ2v) is 5.19. The number of hydrogen-bond donors (Lipinski definition) is 1. The Bertz CT molecular complexity index is 286. The van der Waals surface area contributed by atoms with Crippen LogP contribution in [0.4, 0.5) is 0 Å². The highest BCUT2D eigenvalue weighted by molar-refractivity contribution is 7.98. The lowest BCUT2D eigenvalue weighted by Gasteiger charge is -2.06. The van der Waals surface area contributed by atoms with Gasteiger partial charge >= 0.3 is 0 Å². The van der Waals surface area contributed by atoms with Crippen molar-refractivity contribution in [3.63, 3.8) is 0 Å². The third-order valence-corrected chi connectivity index (χ3v) is 3.66. The van der Waals surface area contributed by atoms with Crippen molar-refractivity contribution < 1.29 is 0 Å². The fourth-order valence-corrected chi connectivity index (χ4v) is 2.50. The van der Waals surface area contributed by atoms with Gasteiger partial charge in [-0.05, 0) is 31.0 Å². The van der Waals surface area contributed by atoms with Crippen LogP contribution < -0.4 is 5.32 Å². The molecule has 0 fully saturated rings. The van der Waals surface area contributed by atoms with E-state index in [0.717, 1.165) is 12.3 Å². The van der Waals surface area contributed by atoms with Crippen LogP contribution in [0.15, 0.2) is 24.3 Å². The molecule has 0 aliphatic rings. The lowest BCUT2D eigenvalue weighted by atomic mass is 10.1. The predicted octanol–water partition coefficient (Wildman–Crippen LogP) is 3.62. The van der Waals surface area contributed by atoms with Crippen LogP contribution in [0.25, 0.3) is 0 Å². The van der Waals surface area contributed by atoms with E-state index in [4.69, 9.17) is 0 Å². The Morgan fingerprint density at radius 2 is 2.00 bits per heavy atom. The van der Waals surface area contributed by atoms with Gasteiger partial charge < -0.3 is 5.32 Å². The monoisotopic (exact) mass is 237 g/mol. The molecule has 1 rings (SSSR count). The maximum atomic E-state index is 3.47. The highest BCUT2D eigenvalue weighted by atomic mass is 32.2. The summed E-state index contributed by atoms with van der Waals surface area (Å²) in [5, 5.41) is 3.47. The molecule has 0 saturated heterocycles. The fourth-order valence-electron chi connectivity index (χ4n) is 1.53. The second kappa shape index (κ2) is 8.66. The summed E-state index contributed by atoms with van der Waals surface area (Å²) in [6.45, 7) is 6.72. The SMILES string of the molecule is CCCCNCCSCc1ccccc1C. The average molecular weight is 237 g/mol. The topological polar surface area (TPSA) is 12.0 Å². The lowest BCUT2D eigenvalue weighted by molar-refractivity contribution is 0.666. The van der Waals surface area contributed by atoms with Crippen molar-refractivity contribution in [1.82, 2.24) is 5.32 Å². The standard InChI is InChI=1S/C14H23NS/c1-3-4-9-15-10-11-16-12-14-8-6-5-7-13(14)2/h5-8,15H,3-4,9-12H2,1-2H3. The molecular formula is C14H23NS. The number of hydrogen-bond acceptors (Lipinski definition) is 2. The summed E-state index contributed by atoms with van der Waals surface area (Å²) in [4.78, 5) is 0. The third kappa shape index (κ3) is 5.57. The van der Waals surface area contributed by atoms with Crippen LogP contribution in [0, 0.1) is 6.92 Å². The van der Waals surface area contributed by atoms with Crippen molar-refractivity contribution in [1.29, 1.82) is 0 Å². The average Bonchev–Trinajstić information content (AvgIpc) is 2.30. The highest BCUT2D eigenvalue weighted by Crippen LogP contribution is 2.15. The van der Waals surface area contributed by atoms with Gasteiger partial charge in [-0.3, -0.25) is 0 Å². The Hall–Kier alpha value is -0.470. The van der Waals surface area contributed by atoms with Crippen LogP contribution in [0.5, 0.6) is 0 Å². The van der Waals surface area contributed by atoms with Crippen LogP contribution in [0.3, 0.4) is 0 Å². The number of aryl methyl sites for hydroxylation is 1. The van der Waals surface area contributed by atoms with Crippen LogP contribution in [0.1, 0.15) is 30.9 Å². The molecule has 1 aromatic rings. The van der Waals surface area contributed by atoms with E-state index in [1.165, 1.54) is 36.3 Å². The minimum absolute atomic E-state index is 1.14. The summed E-state index contributed by atoms with van der Waals surface area (Å²) in [6, 6.07) is 8.65. The molecule has 90 valence electrons. The number of nitrogens with one attached hydrogen (secondary N) is 1. The predicted molar refractivity (Wildman–Crippen MR) is 75.1 cm³/mol. The van der Waals surface area contributed by atoms with Crippen molar-refractivity contribution in [3.8, 4) is 0 Å². The Kier molecular flexibility index (Phi) is 7.35. The highest BCUT2D eigenvalue weighted by Gasteiger charge is 1.96. The van der Waals surface area contributed by atoms with E-state index < -0.39 is 0 Å². The molecule has 2 heteroatoms. The van der Waals surface area contributed by atoms with Crippen LogP contribution >= 0.6 is 11.8 Å². The summed E-state index contributed by atoms with van der Waals surface area (Å²) in [5.74, 6) is 2.35. The summed E-state index contributed by atoms with van der Waals surface area (Å²) in [5.41, 5.74) is 2.88. The fraction of sp³-hybridized carbons (Fsp3) is 0.571. The molecule has 0 radical (unpaired) electrons. The third-order valence-electron chi connectivity index (χ3n) is 2.65. The molecule has 0 amide bonds. The molecule has 0 bridgehead atoms. The van der Waals surface area contributed by atoms with Gasteiger partial charge in [0.1, 0.15) is 0 Å². The lowest BCUT2D eigenvalue weighted by Crippen LogP contribution is -2.18. The van der Waals surface area contributed by atoms with E-state index in [2.05, 4.69) is 43.4 Å². The Labute approximate surface area is 104 Å². The zero-order valence-electron chi connectivity index (χ0n) is 10.5. The molecule has 1 nitrogen and oxygen atoms in total. The van der Waals surface area contributed by atoms with Crippen molar-refractivity contribution in [2.24, 2.45) is 0 Å². The molecule has 16 heavy (non-hydrogen) atoms. The molecule has 1 N–H and O–H groups in total. The van der Waals surface area contributed by atoms with E-state index >= 15 is 0 Å². The minimum atomic E-state index is 1.14. The van der Waals surface area contributed by atoms with Crippen LogP contribution in [0.2, 0.25) is 0 Å². The first-order valence-electron chi connectivity index (χ1n) is 6.17. The molecule has 0 aliphatic heterocycles. The minimum Gasteiger partial charge on any atom is -0.316 e. The molecule has 0 unspecified atom stereocenters. The van der Waals surface area contributed by atoms with Gasteiger partial charge in [-0.25, -0.2) is 0 Å². The van der Waals surface area contributed by atoms with Crippen LogP contribution in [-0.4, -0.2) is 18.8 Å². The summed E-state index contributed by atoms with van der Waals surface area (Å²) < 4.78 is 0. The Morgan fingerprint density at radius 3 is 2.75 bits per heavy atom. The van der Waals surface area contributed by atoms with E-state index in [9.17, 15) is 0 Å². The van der Waals surface area contributed by atoms with Crippen molar-refractivity contribution in [3.05, 3.63) is 35.4 Å². The molecule has 0 heterocycles. The zero-order chi connectivity index (χ0) is 11.6. The molecule has 0 aromatic heterocycles. The van der Waals surface area contributed by atoms with Crippen LogP contribution in [-0.2, 0) is 5.75 Å². The van der Waals surface area contributed by atoms with E-state index in [-0.39, 0.29) is 0 Å². The van der Waals surface area contributed by atoms with Gasteiger partial charge in [0.05, 0.1) is 0 Å². The summed E-state index contributed by atoms with van der Waals surface area (Å²) >= 11 is 2.02. The zero-order valence-corrected chi connectivity index (χ0v) is 11.3. The van der Waals surface area contributed by atoms with Crippen molar-refractivity contribution in [2.75, 3.05) is 18.8 Å². The molecule has 0 atom stereocenters. The quantitative estimate of drug-likeness (QED) is 0.693. The van der Waals surface area contributed by atoms with Crippen molar-refractivity contribution >= 4 is 11.8 Å². The van der Waals surface area contributed by atoms with E-state index in [1.54, 1.807) is 0 Å². The largest absolute Gasteiger partial charge is 0.316 e. The van der Waals surface area contributed by atoms with Gasteiger partial charge in [-0.2, -0.15) is 11.8 Å². The number of thioether (sulfide) groups is 1. The Balaban J connectivity index is 2.05. The Morgan fingerprint density at radius 1 is 1.19 bits per heavy atom. The smallest absolute Gasteiger partial charge is 0.0187 e. The van der Waals surface area contributed by atoms with Gasteiger partial charge in [-0.1, -0.05) is 37.6 Å². The number of unbranched alkanes of at least 4 members (excludes halogenated alkanes) is 1. The first-order valence-corrected chi connectivity index (χ1v) is 7.33. The maximum Gasteiger partial charge on any atom is 0.0187 e.